The maximum absolute atomic E-state index is 8.78. The Labute approximate surface area is 117 Å². The highest BCUT2D eigenvalue weighted by Crippen LogP contribution is 2.22. The summed E-state index contributed by atoms with van der Waals surface area (Å²) in [5, 5.41) is 11.9. The van der Waals surface area contributed by atoms with Crippen LogP contribution in [0.2, 0.25) is 0 Å². The predicted octanol–water partition coefficient (Wildman–Crippen LogP) is 2.74. The van der Waals surface area contributed by atoms with Crippen molar-refractivity contribution in [1.29, 1.82) is 5.26 Å². The Kier molecular flexibility index (Phi) is 4.03. The maximum Gasteiger partial charge on any atom is 0.0898 e. The fourth-order valence-electron chi connectivity index (χ4n) is 1.88. The number of hydrogen-bond donors (Lipinski definition) is 1. The van der Waals surface area contributed by atoms with Gasteiger partial charge in [0.1, 0.15) is 0 Å². The summed E-state index contributed by atoms with van der Waals surface area (Å²) in [6, 6.07) is 7.92. The number of rotatable bonds is 4. The Balaban J connectivity index is 2.17. The Morgan fingerprint density at radius 3 is 2.89 bits per heavy atom. The minimum Gasteiger partial charge on any atom is -0.398 e. The second kappa shape index (κ2) is 5.72. The third kappa shape index (κ3) is 3.24. The maximum atomic E-state index is 8.78. The second-order valence-corrected chi connectivity index (χ2v) is 5.49. The van der Waals surface area contributed by atoms with E-state index in [0.29, 0.717) is 12.1 Å². The quantitative estimate of drug-likeness (QED) is 0.869. The van der Waals surface area contributed by atoms with Gasteiger partial charge in [0, 0.05) is 23.8 Å². The molecule has 2 N–H and O–H groups in total. The van der Waals surface area contributed by atoms with Crippen molar-refractivity contribution < 1.29 is 0 Å². The third-order valence-corrected chi connectivity index (χ3v) is 3.72. The van der Waals surface area contributed by atoms with Crippen molar-refractivity contribution in [1.82, 2.24) is 4.98 Å². The van der Waals surface area contributed by atoms with E-state index in [1.165, 1.54) is 0 Å². The Morgan fingerprint density at radius 2 is 2.26 bits per heavy atom. The van der Waals surface area contributed by atoms with Crippen molar-refractivity contribution in [3.63, 3.8) is 0 Å². The van der Waals surface area contributed by atoms with Gasteiger partial charge < -0.3 is 10.6 Å². The molecule has 4 nitrogen and oxygen atoms in total. The first kappa shape index (κ1) is 13.4. The monoisotopic (exact) mass is 272 g/mol. The summed E-state index contributed by atoms with van der Waals surface area (Å²) in [5.41, 5.74) is 9.50. The minimum absolute atomic E-state index is 0.337. The zero-order valence-electron chi connectivity index (χ0n) is 11.1. The molecular formula is C14H16N4S. The van der Waals surface area contributed by atoms with Gasteiger partial charge in [0.15, 0.2) is 0 Å². The highest BCUT2D eigenvalue weighted by atomic mass is 32.1. The molecule has 0 radical (unpaired) electrons. The number of aryl methyl sites for hydroxylation is 1. The molecule has 0 aliphatic heterocycles. The van der Waals surface area contributed by atoms with Crippen molar-refractivity contribution in [2.75, 3.05) is 17.7 Å². The van der Waals surface area contributed by atoms with Crippen LogP contribution in [-0.2, 0) is 13.0 Å². The summed E-state index contributed by atoms with van der Waals surface area (Å²) in [5.74, 6) is 0. The van der Waals surface area contributed by atoms with Gasteiger partial charge in [-0.15, -0.1) is 11.3 Å². The van der Waals surface area contributed by atoms with Crippen LogP contribution in [0.15, 0.2) is 23.6 Å². The van der Waals surface area contributed by atoms with E-state index in [2.05, 4.69) is 21.3 Å². The van der Waals surface area contributed by atoms with E-state index in [1.807, 2.05) is 32.2 Å². The first-order valence-electron chi connectivity index (χ1n) is 5.97. The lowest BCUT2D eigenvalue weighted by Gasteiger charge is -2.19. The molecule has 0 spiro atoms. The van der Waals surface area contributed by atoms with E-state index in [0.717, 1.165) is 28.5 Å². The zero-order valence-corrected chi connectivity index (χ0v) is 11.9. The smallest absolute Gasteiger partial charge is 0.0898 e. The van der Waals surface area contributed by atoms with Gasteiger partial charge in [0.25, 0.3) is 0 Å². The van der Waals surface area contributed by atoms with Crippen molar-refractivity contribution in [2.24, 2.45) is 0 Å². The van der Waals surface area contributed by atoms with Crippen LogP contribution < -0.4 is 10.6 Å². The first-order valence-corrected chi connectivity index (χ1v) is 6.85. The summed E-state index contributed by atoms with van der Waals surface area (Å²) >= 11 is 1.65. The Hall–Kier alpha value is -2.06. The van der Waals surface area contributed by atoms with Gasteiger partial charge in [-0.25, -0.2) is 4.98 Å². The molecular weight excluding hydrogens is 256 g/mol. The van der Waals surface area contributed by atoms with Gasteiger partial charge in [-0.2, -0.15) is 5.26 Å². The molecule has 0 unspecified atom stereocenters. The van der Waals surface area contributed by atoms with Crippen LogP contribution in [0.1, 0.15) is 16.3 Å². The molecule has 1 aromatic heterocycles. The molecule has 0 atom stereocenters. The summed E-state index contributed by atoms with van der Waals surface area (Å²) in [4.78, 5) is 6.56. The summed E-state index contributed by atoms with van der Waals surface area (Å²) in [7, 11) is 2.01. The number of nitrogens with two attached hydrogens (primary N) is 1. The highest BCUT2D eigenvalue weighted by Gasteiger charge is 2.07. The fraction of sp³-hybridized carbons (Fsp3) is 0.286. The number of nitrogen functional groups attached to an aromatic ring is 1. The van der Waals surface area contributed by atoms with Crippen molar-refractivity contribution >= 4 is 22.7 Å². The number of anilines is 2. The molecule has 1 heterocycles. The molecule has 2 aromatic rings. The lowest BCUT2D eigenvalue weighted by atomic mass is 10.1. The van der Waals surface area contributed by atoms with Gasteiger partial charge in [-0.05, 0) is 30.7 Å². The molecule has 2 rings (SSSR count). The normalized spacial score (nSPS) is 10.2. The molecule has 0 amide bonds. The van der Waals surface area contributed by atoms with Gasteiger partial charge in [-0.3, -0.25) is 0 Å². The van der Waals surface area contributed by atoms with Crippen molar-refractivity contribution in [2.45, 2.75) is 19.9 Å². The number of thiazole rings is 1. The number of aromatic nitrogens is 1. The summed E-state index contributed by atoms with van der Waals surface area (Å²) in [6.45, 7) is 2.75. The average Bonchev–Trinajstić information content (AvgIpc) is 2.77. The van der Waals surface area contributed by atoms with Crippen LogP contribution in [0.25, 0.3) is 0 Å². The van der Waals surface area contributed by atoms with E-state index in [4.69, 9.17) is 11.0 Å². The largest absolute Gasteiger partial charge is 0.398 e. The molecule has 0 saturated carbocycles. The fourth-order valence-corrected chi connectivity index (χ4v) is 2.49. The van der Waals surface area contributed by atoms with Crippen LogP contribution in [-0.4, -0.2) is 12.0 Å². The molecule has 0 aliphatic rings. The topological polar surface area (TPSA) is 65.9 Å². The molecule has 5 heteroatoms. The molecule has 0 bridgehead atoms. The van der Waals surface area contributed by atoms with Crippen LogP contribution in [0.3, 0.4) is 0 Å². The summed E-state index contributed by atoms with van der Waals surface area (Å²) < 4.78 is 0. The zero-order chi connectivity index (χ0) is 13.8. The Bertz CT molecular complexity index is 612. The SMILES string of the molecule is Cc1nc(CN(C)c2ccc(N)c(CC#N)c2)cs1. The average molecular weight is 272 g/mol. The lowest BCUT2D eigenvalue weighted by Crippen LogP contribution is -2.17. The highest BCUT2D eigenvalue weighted by molar-refractivity contribution is 7.09. The van der Waals surface area contributed by atoms with Crippen LogP contribution in [0, 0.1) is 18.3 Å². The number of benzene rings is 1. The lowest BCUT2D eigenvalue weighted by molar-refractivity contribution is 0.889. The van der Waals surface area contributed by atoms with Gasteiger partial charge in [0.2, 0.25) is 0 Å². The van der Waals surface area contributed by atoms with E-state index < -0.39 is 0 Å². The number of nitriles is 1. The van der Waals surface area contributed by atoms with E-state index in [1.54, 1.807) is 11.3 Å². The minimum atomic E-state index is 0.337. The van der Waals surface area contributed by atoms with Crippen LogP contribution in [0.4, 0.5) is 11.4 Å². The molecule has 0 fully saturated rings. The first-order chi connectivity index (χ1) is 9.10. The van der Waals surface area contributed by atoms with Crippen LogP contribution >= 0.6 is 11.3 Å². The number of hydrogen-bond acceptors (Lipinski definition) is 5. The molecule has 19 heavy (non-hydrogen) atoms. The third-order valence-electron chi connectivity index (χ3n) is 2.90. The second-order valence-electron chi connectivity index (χ2n) is 4.43. The van der Waals surface area contributed by atoms with E-state index in [9.17, 15) is 0 Å². The van der Waals surface area contributed by atoms with E-state index >= 15 is 0 Å². The predicted molar refractivity (Wildman–Crippen MR) is 79.1 cm³/mol. The van der Waals surface area contributed by atoms with Gasteiger partial charge in [0.05, 0.1) is 29.7 Å². The number of nitrogens with zero attached hydrogens (tertiary/aromatic N) is 3. The molecule has 1 aromatic carbocycles. The van der Waals surface area contributed by atoms with Gasteiger partial charge in [-0.1, -0.05) is 0 Å². The van der Waals surface area contributed by atoms with Gasteiger partial charge >= 0.3 is 0 Å². The Morgan fingerprint density at radius 1 is 1.47 bits per heavy atom. The molecule has 0 saturated heterocycles. The van der Waals surface area contributed by atoms with Crippen LogP contribution in [0.5, 0.6) is 0 Å². The van der Waals surface area contributed by atoms with Crippen molar-refractivity contribution in [3.8, 4) is 6.07 Å². The molecule has 98 valence electrons. The molecule has 0 aliphatic carbocycles. The summed E-state index contributed by atoms with van der Waals surface area (Å²) in [6.07, 6.45) is 0.337. The van der Waals surface area contributed by atoms with E-state index in [-0.39, 0.29) is 0 Å². The van der Waals surface area contributed by atoms with Crippen molar-refractivity contribution in [3.05, 3.63) is 39.8 Å². The standard InChI is InChI=1S/C14H16N4S/c1-10-17-12(9-19-10)8-18(2)13-3-4-14(16)11(7-13)5-6-15/h3-4,7,9H,5,8,16H2,1-2H3.